The van der Waals surface area contributed by atoms with E-state index in [1.54, 1.807) is 0 Å². The molecule has 1 heterocycles. The lowest BCUT2D eigenvalue weighted by Gasteiger charge is -2.26. The van der Waals surface area contributed by atoms with Crippen molar-refractivity contribution in [1.82, 2.24) is 4.90 Å². The van der Waals surface area contributed by atoms with Gasteiger partial charge in [0.1, 0.15) is 12.4 Å². The third kappa shape index (κ3) is 4.31. The predicted octanol–water partition coefficient (Wildman–Crippen LogP) is 3.45. The molecule has 2 aromatic carbocycles. The Morgan fingerprint density at radius 1 is 1.00 bits per heavy atom. The van der Waals surface area contributed by atoms with Gasteiger partial charge in [0.2, 0.25) is 0 Å². The maximum absolute atomic E-state index is 5.80. The van der Waals surface area contributed by atoms with Crippen LogP contribution in [0.4, 0.5) is 0 Å². The first-order valence-electron chi connectivity index (χ1n) is 7.46. The van der Waals surface area contributed by atoms with E-state index in [4.69, 9.17) is 9.47 Å². The Morgan fingerprint density at radius 3 is 2.67 bits per heavy atom. The number of ether oxygens (including phenoxy) is 2. The van der Waals surface area contributed by atoms with Gasteiger partial charge in [-0.05, 0) is 29.7 Å². The van der Waals surface area contributed by atoms with Crippen LogP contribution in [0.3, 0.4) is 0 Å². The van der Waals surface area contributed by atoms with E-state index in [1.165, 1.54) is 11.1 Å². The molecule has 110 valence electrons. The molecule has 0 aromatic heterocycles. The highest BCUT2D eigenvalue weighted by atomic mass is 16.5. The lowest BCUT2D eigenvalue weighted by molar-refractivity contribution is -0.0177. The normalized spacial score (nSPS) is 15.8. The second-order valence-corrected chi connectivity index (χ2v) is 5.37. The van der Waals surface area contributed by atoms with Crippen LogP contribution in [0.25, 0.3) is 0 Å². The first-order chi connectivity index (χ1) is 10.4. The summed E-state index contributed by atoms with van der Waals surface area (Å²) in [4.78, 5) is 2.33. The summed E-state index contributed by atoms with van der Waals surface area (Å²) >= 11 is 0. The second-order valence-electron chi connectivity index (χ2n) is 5.37. The Kier molecular flexibility index (Phi) is 4.87. The minimum Gasteiger partial charge on any atom is -0.489 e. The molecule has 0 atom stereocenters. The van der Waals surface area contributed by atoms with Crippen molar-refractivity contribution in [2.24, 2.45) is 0 Å². The first-order valence-corrected chi connectivity index (χ1v) is 7.46. The minimum absolute atomic E-state index is 0.606. The van der Waals surface area contributed by atoms with Crippen molar-refractivity contribution in [1.29, 1.82) is 0 Å². The Morgan fingerprint density at radius 2 is 1.86 bits per heavy atom. The highest BCUT2D eigenvalue weighted by molar-refractivity contribution is 5.25. The van der Waals surface area contributed by atoms with E-state index in [1.807, 2.05) is 30.3 Å². The maximum Gasteiger partial charge on any atom is 0.119 e. The molecule has 0 unspecified atom stereocenters. The summed E-state index contributed by atoms with van der Waals surface area (Å²) < 4.78 is 11.3. The molecule has 0 spiro atoms. The van der Waals surface area contributed by atoms with Gasteiger partial charge in [-0.25, -0.2) is 0 Å². The highest BCUT2D eigenvalue weighted by Gasteiger charge is 2.10. The number of hydrogen-bond donors (Lipinski definition) is 0. The lowest BCUT2D eigenvalue weighted by Crippen LogP contribution is -2.32. The van der Waals surface area contributed by atoms with E-state index in [2.05, 4.69) is 29.2 Å². The van der Waals surface area contributed by atoms with E-state index < -0.39 is 0 Å². The molecule has 0 bridgehead atoms. The van der Waals surface area contributed by atoms with Crippen LogP contribution >= 0.6 is 0 Å². The molecular weight excluding hydrogens is 262 g/mol. The molecule has 1 saturated heterocycles. The van der Waals surface area contributed by atoms with Crippen LogP contribution in [0, 0.1) is 0 Å². The third-order valence-electron chi connectivity index (χ3n) is 3.58. The van der Waals surface area contributed by atoms with Gasteiger partial charge in [-0.3, -0.25) is 4.90 Å². The Labute approximate surface area is 126 Å². The average molecular weight is 283 g/mol. The van der Waals surface area contributed by atoms with Crippen molar-refractivity contribution >= 4 is 0 Å². The molecular formula is C18H21NO2. The van der Waals surface area contributed by atoms with Crippen molar-refractivity contribution in [3.63, 3.8) is 0 Å². The van der Waals surface area contributed by atoms with Crippen molar-refractivity contribution in [2.45, 2.75) is 19.6 Å². The summed E-state index contributed by atoms with van der Waals surface area (Å²) in [6, 6.07) is 18.5. The van der Waals surface area contributed by atoms with Gasteiger partial charge in [-0.2, -0.15) is 0 Å². The molecule has 0 N–H and O–H groups in total. The highest BCUT2D eigenvalue weighted by Crippen LogP contribution is 2.14. The summed E-state index contributed by atoms with van der Waals surface area (Å²) in [5, 5.41) is 0. The molecule has 1 aliphatic heterocycles. The fraction of sp³-hybridized carbons (Fsp3) is 0.333. The van der Waals surface area contributed by atoms with Crippen LogP contribution < -0.4 is 4.74 Å². The van der Waals surface area contributed by atoms with Crippen molar-refractivity contribution in [3.05, 3.63) is 65.7 Å². The van der Waals surface area contributed by atoms with Gasteiger partial charge in [-0.15, -0.1) is 0 Å². The first kappa shape index (κ1) is 14.1. The maximum atomic E-state index is 5.80. The fourth-order valence-electron chi connectivity index (χ4n) is 2.53. The molecule has 21 heavy (non-hydrogen) atoms. The van der Waals surface area contributed by atoms with E-state index >= 15 is 0 Å². The molecule has 0 aliphatic carbocycles. The molecule has 3 rings (SSSR count). The predicted molar refractivity (Wildman–Crippen MR) is 83.1 cm³/mol. The molecule has 0 radical (unpaired) electrons. The minimum atomic E-state index is 0.606. The van der Waals surface area contributed by atoms with Gasteiger partial charge < -0.3 is 9.47 Å². The molecule has 2 aromatic rings. The average Bonchev–Trinajstić information content (AvgIpc) is 2.55. The van der Waals surface area contributed by atoms with E-state index in [9.17, 15) is 0 Å². The van der Waals surface area contributed by atoms with Crippen molar-refractivity contribution < 1.29 is 9.47 Å². The van der Waals surface area contributed by atoms with Gasteiger partial charge in [0.15, 0.2) is 0 Å². The topological polar surface area (TPSA) is 21.7 Å². The molecule has 0 saturated carbocycles. The zero-order valence-corrected chi connectivity index (χ0v) is 12.2. The zero-order chi connectivity index (χ0) is 14.3. The largest absolute Gasteiger partial charge is 0.489 e. The second kappa shape index (κ2) is 7.25. The van der Waals surface area contributed by atoms with Crippen LogP contribution in [0.2, 0.25) is 0 Å². The van der Waals surface area contributed by atoms with Crippen LogP contribution in [-0.2, 0) is 17.9 Å². The summed E-state index contributed by atoms with van der Waals surface area (Å²) in [6.07, 6.45) is 1.12. The van der Waals surface area contributed by atoms with Gasteiger partial charge >= 0.3 is 0 Å². The van der Waals surface area contributed by atoms with Crippen LogP contribution in [-0.4, -0.2) is 24.8 Å². The molecule has 1 aliphatic rings. The standard InChI is InChI=1S/C18H21NO2/c1-2-8-18(9-3-1)21-14-17-7-4-6-16(12-17)13-19-10-5-11-20-15-19/h1-4,6-9,12H,5,10-11,13-15H2. The molecule has 0 amide bonds. The van der Waals surface area contributed by atoms with E-state index in [0.29, 0.717) is 6.61 Å². The Hall–Kier alpha value is -1.84. The number of nitrogens with zero attached hydrogens (tertiary/aromatic N) is 1. The molecule has 3 heteroatoms. The van der Waals surface area contributed by atoms with Gasteiger partial charge in [-0.1, -0.05) is 42.5 Å². The van der Waals surface area contributed by atoms with E-state index in [0.717, 1.165) is 38.6 Å². The fourth-order valence-corrected chi connectivity index (χ4v) is 2.53. The van der Waals surface area contributed by atoms with Gasteiger partial charge in [0.05, 0.1) is 6.73 Å². The Balaban J connectivity index is 1.57. The Bertz CT molecular complexity index is 550. The van der Waals surface area contributed by atoms with Crippen LogP contribution in [0.5, 0.6) is 5.75 Å². The lowest BCUT2D eigenvalue weighted by atomic mass is 10.1. The number of para-hydroxylation sites is 1. The zero-order valence-electron chi connectivity index (χ0n) is 12.2. The SMILES string of the molecule is c1ccc(OCc2cccc(CN3CCCOC3)c2)cc1. The third-order valence-corrected chi connectivity index (χ3v) is 3.58. The van der Waals surface area contributed by atoms with Crippen molar-refractivity contribution in [2.75, 3.05) is 19.9 Å². The summed E-state index contributed by atoms with van der Waals surface area (Å²) in [7, 11) is 0. The number of hydrogen-bond acceptors (Lipinski definition) is 3. The van der Waals surface area contributed by atoms with Crippen molar-refractivity contribution in [3.8, 4) is 5.75 Å². The number of benzene rings is 2. The summed E-state index contributed by atoms with van der Waals surface area (Å²) in [6.45, 7) is 4.30. The summed E-state index contributed by atoms with van der Waals surface area (Å²) in [5.41, 5.74) is 2.52. The van der Waals surface area contributed by atoms with Gasteiger partial charge in [0, 0.05) is 19.7 Å². The monoisotopic (exact) mass is 283 g/mol. The van der Waals surface area contributed by atoms with Crippen LogP contribution in [0.15, 0.2) is 54.6 Å². The van der Waals surface area contributed by atoms with Gasteiger partial charge in [0.25, 0.3) is 0 Å². The molecule has 3 nitrogen and oxygen atoms in total. The molecule has 1 fully saturated rings. The van der Waals surface area contributed by atoms with Crippen LogP contribution in [0.1, 0.15) is 17.5 Å². The number of rotatable bonds is 5. The van der Waals surface area contributed by atoms with E-state index in [-0.39, 0.29) is 0 Å². The quantitative estimate of drug-likeness (QED) is 0.839. The smallest absolute Gasteiger partial charge is 0.119 e. The summed E-state index contributed by atoms with van der Waals surface area (Å²) in [5.74, 6) is 0.910.